The number of ketones is 2. The van der Waals surface area contributed by atoms with Gasteiger partial charge < -0.3 is 9.67 Å². The number of aromatic nitrogens is 2. The normalized spacial score (nSPS) is 11.7. The van der Waals surface area contributed by atoms with Crippen molar-refractivity contribution in [1.29, 1.82) is 0 Å². The maximum atomic E-state index is 12.7. The molecule has 4 aromatic rings. The minimum Gasteiger partial charge on any atom is -0.506 e. The number of carbonyl (C=O) groups excluding carboxylic acids is 2. The van der Waals surface area contributed by atoms with Crippen LogP contribution in [0.15, 0.2) is 53.2 Å². The molecule has 4 rings (SSSR count). The van der Waals surface area contributed by atoms with Crippen LogP contribution in [0.2, 0.25) is 10.0 Å². The van der Waals surface area contributed by atoms with Gasteiger partial charge in [0.1, 0.15) is 12.3 Å². The van der Waals surface area contributed by atoms with Crippen molar-refractivity contribution in [3.63, 3.8) is 0 Å². The topological polar surface area (TPSA) is 84.5 Å². The van der Waals surface area contributed by atoms with Gasteiger partial charge in [0, 0.05) is 36.3 Å². The molecule has 6 nitrogen and oxygen atoms in total. The van der Waals surface area contributed by atoms with Gasteiger partial charge in [0.15, 0.2) is 11.6 Å². The van der Waals surface area contributed by atoms with E-state index in [9.17, 15) is 14.7 Å². The van der Waals surface area contributed by atoms with Crippen LogP contribution in [-0.2, 0) is 13.5 Å². The van der Waals surface area contributed by atoms with E-state index in [4.69, 9.17) is 23.2 Å². The lowest BCUT2D eigenvalue weighted by molar-refractivity contribution is 0.0984. The Morgan fingerprint density at radius 1 is 1.11 bits per heavy atom. The van der Waals surface area contributed by atoms with E-state index in [0.717, 1.165) is 11.3 Å². The Bertz CT molecular complexity index is 1440. The Hall–Kier alpha value is -2.78. The van der Waals surface area contributed by atoms with E-state index in [1.54, 1.807) is 49.0 Å². The molecule has 3 heterocycles. The van der Waals surface area contributed by atoms with Crippen LogP contribution in [0.1, 0.15) is 43.9 Å². The molecule has 0 aliphatic carbocycles. The molecule has 10 heteroatoms. The number of benzene rings is 1. The SMILES string of the molecule is CC(=NCC(=O)c1ccc(C(=O)CCc2cn(C)cn2)s1)c1csc(-c2ccc(Cl)c(Cl)c2)c1O. The van der Waals surface area contributed by atoms with Gasteiger partial charge in [-0.25, -0.2) is 4.98 Å². The molecule has 1 N–H and O–H groups in total. The standard InChI is InChI=1S/C25H21Cl2N3O3S2/c1-14(17-12-34-25(24(17)33)15-3-5-18(26)19(27)9-15)28-10-21(32)23-8-7-22(35-23)20(31)6-4-16-11-30(2)13-29-16/h3,5,7-9,11-13,33H,4,6,10H2,1-2H3. The van der Waals surface area contributed by atoms with E-state index in [-0.39, 0.29) is 23.9 Å². The van der Waals surface area contributed by atoms with Crippen molar-refractivity contribution in [2.45, 2.75) is 19.8 Å². The predicted molar refractivity (Wildman–Crippen MR) is 143 cm³/mol. The summed E-state index contributed by atoms with van der Waals surface area (Å²) in [4.78, 5) is 35.5. The summed E-state index contributed by atoms with van der Waals surface area (Å²) in [6.07, 6.45) is 4.48. The summed E-state index contributed by atoms with van der Waals surface area (Å²) >= 11 is 14.6. The number of hydrogen-bond donors (Lipinski definition) is 1. The Morgan fingerprint density at radius 2 is 1.86 bits per heavy atom. The highest BCUT2D eigenvalue weighted by molar-refractivity contribution is 7.16. The molecule has 0 fully saturated rings. The number of aromatic hydroxyl groups is 1. The molecule has 0 aliphatic rings. The molecule has 0 saturated heterocycles. The largest absolute Gasteiger partial charge is 0.506 e. The number of aliphatic imine (C=N–C) groups is 1. The van der Waals surface area contributed by atoms with Gasteiger partial charge in [-0.15, -0.1) is 22.7 Å². The Labute approximate surface area is 220 Å². The van der Waals surface area contributed by atoms with Gasteiger partial charge in [-0.3, -0.25) is 14.6 Å². The van der Waals surface area contributed by atoms with E-state index in [1.165, 1.54) is 22.7 Å². The molecule has 0 spiro atoms. The molecular weight excluding hydrogens is 525 g/mol. The highest BCUT2D eigenvalue weighted by Gasteiger charge is 2.17. The maximum Gasteiger partial charge on any atom is 0.194 e. The lowest BCUT2D eigenvalue weighted by atomic mass is 10.1. The number of hydrogen-bond acceptors (Lipinski definition) is 7. The third-order valence-corrected chi connectivity index (χ3v) is 8.24. The zero-order valence-electron chi connectivity index (χ0n) is 18.9. The summed E-state index contributed by atoms with van der Waals surface area (Å²) in [6, 6.07) is 8.50. The molecular formula is C25H21Cl2N3O3S2. The summed E-state index contributed by atoms with van der Waals surface area (Å²) in [7, 11) is 1.88. The fourth-order valence-corrected chi connectivity index (χ4v) is 5.61. The van der Waals surface area contributed by atoms with E-state index >= 15 is 0 Å². The highest BCUT2D eigenvalue weighted by atomic mass is 35.5. The molecule has 0 amide bonds. The van der Waals surface area contributed by atoms with Crippen molar-refractivity contribution in [2.24, 2.45) is 12.0 Å². The van der Waals surface area contributed by atoms with Crippen molar-refractivity contribution < 1.29 is 14.7 Å². The second kappa shape index (κ2) is 10.9. The zero-order valence-corrected chi connectivity index (χ0v) is 22.1. The van der Waals surface area contributed by atoms with Crippen LogP contribution >= 0.6 is 45.9 Å². The lowest BCUT2D eigenvalue weighted by Gasteiger charge is -2.03. The zero-order chi connectivity index (χ0) is 25.1. The van der Waals surface area contributed by atoms with Crippen LogP contribution in [0.25, 0.3) is 10.4 Å². The summed E-state index contributed by atoms with van der Waals surface area (Å²) < 4.78 is 1.84. The predicted octanol–water partition coefficient (Wildman–Crippen LogP) is 6.73. The van der Waals surface area contributed by atoms with E-state index < -0.39 is 0 Å². The van der Waals surface area contributed by atoms with Crippen LogP contribution < -0.4 is 0 Å². The monoisotopic (exact) mass is 545 g/mol. The second-order valence-corrected chi connectivity index (χ2v) is 10.7. The third-order valence-electron chi connectivity index (χ3n) is 5.32. The molecule has 3 aromatic heterocycles. The minimum absolute atomic E-state index is 0.0163. The molecule has 0 radical (unpaired) electrons. The molecule has 0 unspecified atom stereocenters. The number of carbonyl (C=O) groups is 2. The van der Waals surface area contributed by atoms with Gasteiger partial charge in [-0.1, -0.05) is 29.3 Å². The van der Waals surface area contributed by atoms with Gasteiger partial charge in [0.05, 0.1) is 36.7 Å². The first kappa shape index (κ1) is 25.3. The number of imidazole rings is 1. The summed E-state index contributed by atoms with van der Waals surface area (Å²) in [6.45, 7) is 1.67. The number of aryl methyl sites for hydroxylation is 2. The molecule has 0 aliphatic heterocycles. The third kappa shape index (κ3) is 5.90. The second-order valence-electron chi connectivity index (χ2n) is 7.90. The van der Waals surface area contributed by atoms with Crippen LogP contribution in [0.3, 0.4) is 0 Å². The lowest BCUT2D eigenvalue weighted by Crippen LogP contribution is -2.04. The number of Topliss-reactive ketones (excluding diaryl/α,β-unsaturated/α-hetero) is 2. The smallest absolute Gasteiger partial charge is 0.194 e. The Balaban J connectivity index is 1.40. The number of rotatable bonds is 9. The first-order chi connectivity index (χ1) is 16.7. The number of thiophene rings is 2. The highest BCUT2D eigenvalue weighted by Crippen LogP contribution is 2.40. The molecule has 0 bridgehead atoms. The van der Waals surface area contributed by atoms with Crippen LogP contribution in [0.5, 0.6) is 5.75 Å². The number of nitrogens with zero attached hydrogens (tertiary/aromatic N) is 3. The van der Waals surface area contributed by atoms with Crippen molar-refractivity contribution in [2.75, 3.05) is 6.54 Å². The molecule has 1 aromatic carbocycles. The minimum atomic E-state index is -0.183. The molecule has 35 heavy (non-hydrogen) atoms. The first-order valence-corrected chi connectivity index (χ1v) is 13.1. The van der Waals surface area contributed by atoms with Crippen molar-refractivity contribution >= 4 is 63.2 Å². The maximum absolute atomic E-state index is 12.7. The molecule has 180 valence electrons. The van der Waals surface area contributed by atoms with E-state index in [2.05, 4.69) is 9.98 Å². The van der Waals surface area contributed by atoms with Gasteiger partial charge in [0.2, 0.25) is 0 Å². The van der Waals surface area contributed by atoms with E-state index in [0.29, 0.717) is 48.8 Å². The first-order valence-electron chi connectivity index (χ1n) is 10.6. The Morgan fingerprint density at radius 3 is 2.54 bits per heavy atom. The van der Waals surface area contributed by atoms with Crippen LogP contribution in [0, 0.1) is 0 Å². The fourth-order valence-electron chi connectivity index (χ4n) is 3.40. The average Bonchev–Trinajstić information content (AvgIpc) is 3.57. The van der Waals surface area contributed by atoms with Gasteiger partial charge in [-0.2, -0.15) is 0 Å². The summed E-state index contributed by atoms with van der Waals surface area (Å²) in [5, 5.41) is 13.4. The van der Waals surface area contributed by atoms with Crippen molar-refractivity contribution in [1.82, 2.24) is 9.55 Å². The fraction of sp³-hybridized carbons (Fsp3) is 0.200. The van der Waals surface area contributed by atoms with Gasteiger partial charge in [-0.05, 0) is 43.2 Å². The van der Waals surface area contributed by atoms with Crippen molar-refractivity contribution in [3.05, 3.63) is 79.3 Å². The Kier molecular flexibility index (Phi) is 7.86. The summed E-state index contributed by atoms with van der Waals surface area (Å²) in [5.41, 5.74) is 2.70. The van der Waals surface area contributed by atoms with E-state index in [1.807, 2.05) is 17.8 Å². The van der Waals surface area contributed by atoms with Crippen LogP contribution in [0.4, 0.5) is 0 Å². The van der Waals surface area contributed by atoms with Gasteiger partial charge in [0.25, 0.3) is 0 Å². The molecule has 0 saturated carbocycles. The van der Waals surface area contributed by atoms with Crippen molar-refractivity contribution in [3.8, 4) is 16.2 Å². The van der Waals surface area contributed by atoms with Gasteiger partial charge >= 0.3 is 0 Å². The van der Waals surface area contributed by atoms with Crippen LogP contribution in [-0.4, -0.2) is 38.5 Å². The molecule has 0 atom stereocenters. The quantitative estimate of drug-likeness (QED) is 0.186. The summed E-state index contributed by atoms with van der Waals surface area (Å²) in [5.74, 6) is -0.117. The number of halogens is 2. The average molecular weight is 547 g/mol.